The summed E-state index contributed by atoms with van der Waals surface area (Å²) in [6, 6.07) is 16.0. The van der Waals surface area contributed by atoms with Gasteiger partial charge >= 0.3 is 0 Å². The number of amides is 2. The van der Waals surface area contributed by atoms with E-state index in [-0.39, 0.29) is 17.9 Å². The van der Waals surface area contributed by atoms with Gasteiger partial charge in [-0.1, -0.05) is 12.1 Å². The first-order valence-corrected chi connectivity index (χ1v) is 13.7. The van der Waals surface area contributed by atoms with Gasteiger partial charge in [0.1, 0.15) is 16.9 Å². The predicted molar refractivity (Wildman–Crippen MR) is 141 cm³/mol. The fourth-order valence-electron chi connectivity index (χ4n) is 4.28. The van der Waals surface area contributed by atoms with Gasteiger partial charge in [0.25, 0.3) is 5.91 Å². The van der Waals surface area contributed by atoms with Crippen LogP contribution in [0.5, 0.6) is 0 Å². The van der Waals surface area contributed by atoms with E-state index < -0.39 is 33.7 Å². The first-order chi connectivity index (χ1) is 17.7. The van der Waals surface area contributed by atoms with Crippen molar-refractivity contribution in [2.45, 2.75) is 24.3 Å². The number of hydrogen-bond acceptors (Lipinski definition) is 6. The number of halogens is 1. The highest BCUT2D eigenvalue weighted by atomic mass is 32.2. The Labute approximate surface area is 217 Å². The van der Waals surface area contributed by atoms with E-state index >= 15 is 0 Å². The van der Waals surface area contributed by atoms with Gasteiger partial charge < -0.3 is 0 Å². The smallest absolute Gasteiger partial charge is 0.252 e. The van der Waals surface area contributed by atoms with Crippen molar-refractivity contribution in [2.75, 3.05) is 11.4 Å². The highest BCUT2D eigenvalue weighted by Gasteiger charge is 2.46. The molecule has 0 saturated carbocycles. The Morgan fingerprint density at radius 3 is 2.49 bits per heavy atom. The zero-order chi connectivity index (χ0) is 26.3. The number of sulfonamides is 1. The number of hydrogen-bond donors (Lipinski definition) is 0. The van der Waals surface area contributed by atoms with Crippen molar-refractivity contribution in [3.63, 3.8) is 0 Å². The van der Waals surface area contributed by atoms with Crippen molar-refractivity contribution in [1.29, 1.82) is 0 Å². The van der Waals surface area contributed by atoms with Crippen LogP contribution in [-0.4, -0.2) is 42.1 Å². The molecule has 1 unspecified atom stereocenters. The van der Waals surface area contributed by atoms with E-state index in [0.29, 0.717) is 5.69 Å². The fourth-order valence-corrected chi connectivity index (χ4v) is 6.90. The van der Waals surface area contributed by atoms with Crippen molar-refractivity contribution in [2.24, 2.45) is 0 Å². The first-order valence-electron chi connectivity index (χ1n) is 11.4. The summed E-state index contributed by atoms with van der Waals surface area (Å²) >= 11 is 1.55. The average Bonchev–Trinajstić information content (AvgIpc) is 3.42. The molecule has 1 fully saturated rings. The lowest BCUT2D eigenvalue weighted by molar-refractivity contribution is -0.122. The van der Waals surface area contributed by atoms with Gasteiger partial charge in [0, 0.05) is 12.1 Å². The maximum atomic E-state index is 13.4. The lowest BCUT2D eigenvalue weighted by Crippen LogP contribution is -2.45. The molecule has 2 amide bonds. The molecule has 0 spiro atoms. The number of nitrogens with zero attached hydrogens (tertiary/aromatic N) is 3. The molecule has 1 atom stereocenters. The van der Waals surface area contributed by atoms with Crippen LogP contribution in [0, 0.1) is 12.7 Å². The molecule has 10 heteroatoms. The Morgan fingerprint density at radius 1 is 1.11 bits per heavy atom. The Bertz CT molecular complexity index is 1630. The number of thiazole rings is 1. The molecule has 0 radical (unpaired) electrons. The largest absolute Gasteiger partial charge is 0.274 e. The minimum Gasteiger partial charge on any atom is -0.274 e. The molecule has 1 aromatic heterocycles. The Kier molecular flexibility index (Phi) is 6.49. The third-order valence-corrected chi connectivity index (χ3v) is 9.07. The molecule has 0 bridgehead atoms. The number of benzene rings is 3. The summed E-state index contributed by atoms with van der Waals surface area (Å²) in [6.07, 6.45) is 1.03. The molecule has 188 valence electrons. The van der Waals surface area contributed by atoms with Crippen molar-refractivity contribution in [3.8, 4) is 10.6 Å². The van der Waals surface area contributed by atoms with E-state index in [1.807, 2.05) is 19.1 Å². The summed E-state index contributed by atoms with van der Waals surface area (Å²) in [7, 11) is -4.20. The summed E-state index contributed by atoms with van der Waals surface area (Å²) in [6.45, 7) is 5.43. The monoisotopic (exact) mass is 535 g/mol. The second kappa shape index (κ2) is 9.62. The maximum absolute atomic E-state index is 13.4. The normalized spacial score (nSPS) is 16.2. The molecule has 3 aromatic carbocycles. The van der Waals surface area contributed by atoms with E-state index in [9.17, 15) is 22.4 Å². The molecule has 7 nitrogen and oxygen atoms in total. The van der Waals surface area contributed by atoms with Gasteiger partial charge in [-0.3, -0.25) is 9.59 Å². The van der Waals surface area contributed by atoms with E-state index in [2.05, 4.69) is 17.6 Å². The van der Waals surface area contributed by atoms with Crippen LogP contribution >= 0.6 is 11.3 Å². The molecule has 1 saturated heterocycles. The minimum atomic E-state index is -4.20. The summed E-state index contributed by atoms with van der Waals surface area (Å²) in [5.74, 6) is -1.75. The van der Waals surface area contributed by atoms with Crippen LogP contribution < -0.4 is 4.90 Å². The molecule has 37 heavy (non-hydrogen) atoms. The number of rotatable bonds is 7. The third kappa shape index (κ3) is 4.59. The standard InChI is InChI=1S/C27H22FN3O4S2/c1-3-14-30(37(34,35)21-11-7-19(28)8-12-21)23-16-25(32)31(27(23)33)20-9-5-18(6-10-20)26-29-22-13-4-17(2)15-24(22)36-26/h3-13,15,23H,1,14,16H2,2H3. The van der Waals surface area contributed by atoms with Crippen molar-refractivity contribution < 1.29 is 22.4 Å². The highest BCUT2D eigenvalue weighted by molar-refractivity contribution is 7.89. The van der Waals surface area contributed by atoms with Crippen LogP contribution in [0.2, 0.25) is 0 Å². The zero-order valence-corrected chi connectivity index (χ0v) is 21.4. The molecule has 4 aromatic rings. The van der Waals surface area contributed by atoms with Crippen LogP contribution in [0.3, 0.4) is 0 Å². The second-order valence-corrected chi connectivity index (χ2v) is 11.6. The Balaban J connectivity index is 1.42. The number of aromatic nitrogens is 1. The molecule has 1 aliphatic heterocycles. The van der Waals surface area contributed by atoms with Crippen molar-refractivity contribution in [1.82, 2.24) is 9.29 Å². The van der Waals surface area contributed by atoms with Crippen LogP contribution in [0.15, 0.2) is 84.3 Å². The number of aryl methyl sites for hydroxylation is 1. The lowest BCUT2D eigenvalue weighted by atomic mass is 10.2. The van der Waals surface area contributed by atoms with Gasteiger partial charge in [0.2, 0.25) is 15.9 Å². The van der Waals surface area contributed by atoms with Gasteiger partial charge in [0.15, 0.2) is 0 Å². The number of fused-ring (bicyclic) bond motifs is 1. The molecular formula is C27H22FN3O4S2. The summed E-state index contributed by atoms with van der Waals surface area (Å²) < 4.78 is 41.9. The Hall–Kier alpha value is -3.73. The van der Waals surface area contributed by atoms with Crippen LogP contribution in [-0.2, 0) is 19.6 Å². The topological polar surface area (TPSA) is 87.7 Å². The first kappa shape index (κ1) is 24.9. The predicted octanol–water partition coefficient (Wildman–Crippen LogP) is 4.92. The maximum Gasteiger partial charge on any atom is 0.252 e. The quantitative estimate of drug-likeness (QED) is 0.248. The average molecular weight is 536 g/mol. The number of carbonyl (C=O) groups excluding carboxylic acids is 2. The van der Waals surface area contributed by atoms with Crippen LogP contribution in [0.25, 0.3) is 20.8 Å². The summed E-state index contributed by atoms with van der Waals surface area (Å²) in [4.78, 5) is 31.8. The summed E-state index contributed by atoms with van der Waals surface area (Å²) in [5, 5.41) is 0.812. The van der Waals surface area contributed by atoms with Gasteiger partial charge in [-0.05, 0) is 73.2 Å². The SMILES string of the molecule is C=CCN(C1CC(=O)N(c2ccc(-c3nc4ccc(C)cc4s3)cc2)C1=O)S(=O)(=O)c1ccc(F)cc1. The number of carbonyl (C=O) groups is 2. The van der Waals surface area contributed by atoms with E-state index in [0.717, 1.165) is 59.8 Å². The molecular weight excluding hydrogens is 513 g/mol. The van der Waals surface area contributed by atoms with Crippen LogP contribution in [0.4, 0.5) is 10.1 Å². The van der Waals surface area contributed by atoms with Gasteiger partial charge in [-0.15, -0.1) is 17.9 Å². The molecule has 0 aliphatic carbocycles. The molecule has 2 heterocycles. The van der Waals surface area contributed by atoms with Gasteiger partial charge in [0.05, 0.1) is 27.2 Å². The lowest BCUT2D eigenvalue weighted by Gasteiger charge is -2.25. The van der Waals surface area contributed by atoms with Crippen molar-refractivity contribution in [3.05, 3.63) is 90.8 Å². The molecule has 0 N–H and O–H groups in total. The zero-order valence-electron chi connectivity index (χ0n) is 19.8. The van der Waals surface area contributed by atoms with Gasteiger partial charge in [-0.2, -0.15) is 4.31 Å². The molecule has 5 rings (SSSR count). The van der Waals surface area contributed by atoms with E-state index in [4.69, 9.17) is 0 Å². The van der Waals surface area contributed by atoms with Crippen LogP contribution in [0.1, 0.15) is 12.0 Å². The van der Waals surface area contributed by atoms with Gasteiger partial charge in [-0.25, -0.2) is 22.7 Å². The minimum absolute atomic E-state index is 0.176. The van der Waals surface area contributed by atoms with E-state index in [1.54, 1.807) is 35.6 Å². The van der Waals surface area contributed by atoms with Crippen molar-refractivity contribution >= 4 is 49.1 Å². The summed E-state index contributed by atoms with van der Waals surface area (Å²) in [5.41, 5.74) is 3.22. The Morgan fingerprint density at radius 2 is 1.81 bits per heavy atom. The number of imide groups is 1. The highest BCUT2D eigenvalue weighted by Crippen LogP contribution is 2.34. The fraction of sp³-hybridized carbons (Fsp3) is 0.148. The molecule has 1 aliphatic rings. The third-order valence-electron chi connectivity index (χ3n) is 6.12. The number of anilines is 1. The second-order valence-electron chi connectivity index (χ2n) is 8.64. The van der Waals surface area contributed by atoms with E-state index in [1.165, 1.54) is 6.08 Å².